The Morgan fingerprint density at radius 1 is 1.29 bits per heavy atom. The fourth-order valence-corrected chi connectivity index (χ4v) is 2.43. The molecule has 0 fully saturated rings. The summed E-state index contributed by atoms with van der Waals surface area (Å²) in [6, 6.07) is 11.4. The number of hydrogen-bond donors (Lipinski definition) is 2. The molecule has 0 bridgehead atoms. The van der Waals surface area contributed by atoms with Crippen LogP contribution in [0.25, 0.3) is 0 Å². The zero-order valence-electron chi connectivity index (χ0n) is 11.8. The maximum atomic E-state index is 6.06. The Kier molecular flexibility index (Phi) is 4.18. The van der Waals surface area contributed by atoms with Crippen molar-refractivity contribution in [3.8, 4) is 17.2 Å². The molecule has 0 aromatic heterocycles. The van der Waals surface area contributed by atoms with Crippen molar-refractivity contribution < 1.29 is 9.47 Å². The normalized spacial score (nSPS) is 13.0. The SMILES string of the molecule is CNCc1ccc(Cl)cc1Oc1ccc2c(c1)OCCN2. The lowest BCUT2D eigenvalue weighted by atomic mass is 10.2. The van der Waals surface area contributed by atoms with E-state index >= 15 is 0 Å². The molecule has 1 heterocycles. The van der Waals surface area contributed by atoms with Gasteiger partial charge in [0.25, 0.3) is 0 Å². The van der Waals surface area contributed by atoms with Gasteiger partial charge in [0, 0.05) is 29.7 Å². The number of nitrogens with one attached hydrogen (secondary N) is 2. The number of halogens is 1. The highest BCUT2D eigenvalue weighted by Gasteiger charge is 2.12. The topological polar surface area (TPSA) is 42.5 Å². The first kappa shape index (κ1) is 14.0. The Bertz CT molecular complexity index is 646. The first-order chi connectivity index (χ1) is 10.3. The molecule has 1 aliphatic rings. The van der Waals surface area contributed by atoms with E-state index in [1.807, 2.05) is 43.4 Å². The molecule has 0 atom stereocenters. The van der Waals surface area contributed by atoms with Crippen LogP contribution < -0.4 is 20.1 Å². The van der Waals surface area contributed by atoms with Gasteiger partial charge in [-0.25, -0.2) is 0 Å². The lowest BCUT2D eigenvalue weighted by Crippen LogP contribution is -2.17. The number of anilines is 1. The van der Waals surface area contributed by atoms with Crippen LogP contribution in [-0.2, 0) is 6.54 Å². The summed E-state index contributed by atoms with van der Waals surface area (Å²) in [7, 11) is 1.90. The summed E-state index contributed by atoms with van der Waals surface area (Å²) in [5, 5.41) is 7.06. The Morgan fingerprint density at radius 3 is 3.05 bits per heavy atom. The zero-order chi connectivity index (χ0) is 14.7. The first-order valence-corrected chi connectivity index (χ1v) is 7.25. The monoisotopic (exact) mass is 304 g/mol. The minimum Gasteiger partial charge on any atom is -0.489 e. The molecule has 2 aromatic carbocycles. The molecule has 3 rings (SSSR count). The average Bonchev–Trinajstić information content (AvgIpc) is 2.50. The standard InChI is InChI=1S/C16H17ClN2O2/c1-18-10-11-2-3-12(17)8-15(11)21-13-4-5-14-16(9-13)20-7-6-19-14/h2-5,8-9,18-19H,6-7,10H2,1H3. The molecular weight excluding hydrogens is 288 g/mol. The molecule has 5 heteroatoms. The molecular formula is C16H17ClN2O2. The van der Waals surface area contributed by atoms with Gasteiger partial charge in [-0.1, -0.05) is 17.7 Å². The largest absolute Gasteiger partial charge is 0.489 e. The predicted molar refractivity (Wildman–Crippen MR) is 84.7 cm³/mol. The fraction of sp³-hybridized carbons (Fsp3) is 0.250. The quantitative estimate of drug-likeness (QED) is 0.904. The Hall–Kier alpha value is -1.91. The zero-order valence-corrected chi connectivity index (χ0v) is 12.5. The van der Waals surface area contributed by atoms with Crippen LogP contribution in [0.15, 0.2) is 36.4 Å². The minimum atomic E-state index is 0.653. The van der Waals surface area contributed by atoms with E-state index in [4.69, 9.17) is 21.1 Å². The average molecular weight is 305 g/mol. The number of hydrogen-bond acceptors (Lipinski definition) is 4. The van der Waals surface area contributed by atoms with Crippen molar-refractivity contribution in [2.45, 2.75) is 6.54 Å². The summed E-state index contributed by atoms with van der Waals surface area (Å²) >= 11 is 6.06. The van der Waals surface area contributed by atoms with E-state index in [1.54, 1.807) is 0 Å². The fourth-order valence-electron chi connectivity index (χ4n) is 2.27. The molecule has 0 amide bonds. The minimum absolute atomic E-state index is 0.653. The second-order valence-electron chi connectivity index (χ2n) is 4.82. The molecule has 21 heavy (non-hydrogen) atoms. The van der Waals surface area contributed by atoms with Crippen LogP contribution in [0.3, 0.4) is 0 Å². The van der Waals surface area contributed by atoms with Gasteiger partial charge in [0.05, 0.1) is 5.69 Å². The summed E-state index contributed by atoms with van der Waals surface area (Å²) < 4.78 is 11.6. The summed E-state index contributed by atoms with van der Waals surface area (Å²) in [5.41, 5.74) is 2.05. The van der Waals surface area contributed by atoms with Crippen LogP contribution in [-0.4, -0.2) is 20.2 Å². The predicted octanol–water partition coefficient (Wildman–Crippen LogP) is 3.66. The highest BCUT2D eigenvalue weighted by molar-refractivity contribution is 6.30. The van der Waals surface area contributed by atoms with E-state index in [0.29, 0.717) is 11.6 Å². The number of benzene rings is 2. The molecule has 0 unspecified atom stereocenters. The Labute approximate surface area is 129 Å². The van der Waals surface area contributed by atoms with Crippen molar-refractivity contribution in [2.75, 3.05) is 25.5 Å². The third-order valence-electron chi connectivity index (χ3n) is 3.25. The van der Waals surface area contributed by atoms with Gasteiger partial charge in [-0.3, -0.25) is 0 Å². The third-order valence-corrected chi connectivity index (χ3v) is 3.49. The molecule has 0 radical (unpaired) electrons. The molecule has 0 aliphatic carbocycles. The van der Waals surface area contributed by atoms with Crippen molar-refractivity contribution in [1.29, 1.82) is 0 Å². The summed E-state index contributed by atoms with van der Waals surface area (Å²) in [5.74, 6) is 2.30. The van der Waals surface area contributed by atoms with Crippen molar-refractivity contribution in [1.82, 2.24) is 5.32 Å². The number of ether oxygens (including phenoxy) is 2. The van der Waals surface area contributed by atoms with Gasteiger partial charge in [-0.05, 0) is 31.3 Å². The van der Waals surface area contributed by atoms with E-state index in [9.17, 15) is 0 Å². The summed E-state index contributed by atoms with van der Waals surface area (Å²) in [6.07, 6.45) is 0. The van der Waals surface area contributed by atoms with Gasteiger partial charge >= 0.3 is 0 Å². The number of fused-ring (bicyclic) bond motifs is 1. The van der Waals surface area contributed by atoms with Crippen LogP contribution in [0.2, 0.25) is 5.02 Å². The molecule has 4 nitrogen and oxygen atoms in total. The lowest BCUT2D eigenvalue weighted by molar-refractivity contribution is 0.321. The maximum absolute atomic E-state index is 6.06. The van der Waals surface area contributed by atoms with Crippen molar-refractivity contribution in [3.05, 3.63) is 47.0 Å². The van der Waals surface area contributed by atoms with Crippen molar-refractivity contribution in [3.63, 3.8) is 0 Å². The van der Waals surface area contributed by atoms with Crippen molar-refractivity contribution in [2.24, 2.45) is 0 Å². The van der Waals surface area contributed by atoms with Gasteiger partial charge in [0.1, 0.15) is 23.9 Å². The highest BCUT2D eigenvalue weighted by atomic mass is 35.5. The first-order valence-electron chi connectivity index (χ1n) is 6.88. The summed E-state index contributed by atoms with van der Waals surface area (Å²) in [4.78, 5) is 0. The van der Waals surface area contributed by atoms with Gasteiger partial charge in [0.2, 0.25) is 0 Å². The lowest BCUT2D eigenvalue weighted by Gasteiger charge is -2.20. The van der Waals surface area contributed by atoms with Crippen LogP contribution >= 0.6 is 11.6 Å². The van der Waals surface area contributed by atoms with E-state index in [0.717, 1.165) is 41.6 Å². The second-order valence-corrected chi connectivity index (χ2v) is 5.25. The van der Waals surface area contributed by atoms with Gasteiger partial charge < -0.3 is 20.1 Å². The molecule has 0 saturated carbocycles. The van der Waals surface area contributed by atoms with E-state index in [-0.39, 0.29) is 0 Å². The second kappa shape index (κ2) is 6.24. The van der Waals surface area contributed by atoms with Crippen LogP contribution in [0.1, 0.15) is 5.56 Å². The Balaban J connectivity index is 1.87. The van der Waals surface area contributed by atoms with Gasteiger partial charge in [-0.15, -0.1) is 0 Å². The number of rotatable bonds is 4. The van der Waals surface area contributed by atoms with Crippen molar-refractivity contribution >= 4 is 17.3 Å². The molecule has 0 saturated heterocycles. The van der Waals surface area contributed by atoms with Crippen LogP contribution in [0.5, 0.6) is 17.2 Å². The molecule has 0 spiro atoms. The van der Waals surface area contributed by atoms with E-state index < -0.39 is 0 Å². The van der Waals surface area contributed by atoms with E-state index in [1.165, 1.54) is 0 Å². The smallest absolute Gasteiger partial charge is 0.146 e. The molecule has 2 aromatic rings. The highest BCUT2D eigenvalue weighted by Crippen LogP contribution is 2.35. The molecule has 2 N–H and O–H groups in total. The van der Waals surface area contributed by atoms with Crippen LogP contribution in [0.4, 0.5) is 5.69 Å². The van der Waals surface area contributed by atoms with E-state index in [2.05, 4.69) is 10.6 Å². The maximum Gasteiger partial charge on any atom is 0.146 e. The Morgan fingerprint density at radius 2 is 2.19 bits per heavy atom. The molecule has 1 aliphatic heterocycles. The van der Waals surface area contributed by atoms with Gasteiger partial charge in [-0.2, -0.15) is 0 Å². The molecule has 110 valence electrons. The summed E-state index contributed by atoms with van der Waals surface area (Å²) in [6.45, 7) is 2.21. The third kappa shape index (κ3) is 3.23. The van der Waals surface area contributed by atoms with Crippen LogP contribution in [0, 0.1) is 0 Å². The van der Waals surface area contributed by atoms with Gasteiger partial charge in [0.15, 0.2) is 0 Å².